The number of pyridine rings is 1. The Morgan fingerprint density at radius 1 is 1.32 bits per heavy atom. The Morgan fingerprint density at radius 3 is 2.80 bits per heavy atom. The molecule has 25 heavy (non-hydrogen) atoms. The molecule has 2 aromatic rings. The zero-order valence-electron chi connectivity index (χ0n) is 14.2. The Balaban J connectivity index is 1.84. The summed E-state index contributed by atoms with van der Waals surface area (Å²) in [6, 6.07) is 6.90. The van der Waals surface area contributed by atoms with Crippen molar-refractivity contribution in [2.24, 2.45) is 0 Å². The summed E-state index contributed by atoms with van der Waals surface area (Å²) in [6.45, 7) is 1.95. The first kappa shape index (κ1) is 17.5. The molecule has 0 spiro atoms. The Morgan fingerprint density at radius 2 is 2.16 bits per heavy atom. The number of likely N-dealkylation sites (tertiary alicyclic amines) is 1. The molecule has 1 aliphatic heterocycles. The highest BCUT2D eigenvalue weighted by Crippen LogP contribution is 2.29. The van der Waals surface area contributed by atoms with Gasteiger partial charge in [0, 0.05) is 50.1 Å². The standard InChI is InChI=1S/C19H21F2N3O/c1-23(10-11-24-9-3-5-18(24)25)19(14-4-2-8-22-13-14)16-7-6-15(20)12-17(16)21/h2,4,6-8,12-13,19H,3,5,9-11H2,1H3. The highest BCUT2D eigenvalue weighted by molar-refractivity contribution is 5.78. The molecule has 1 saturated heterocycles. The van der Waals surface area contributed by atoms with Crippen LogP contribution in [-0.4, -0.2) is 47.4 Å². The predicted molar refractivity (Wildman–Crippen MR) is 90.9 cm³/mol. The molecule has 4 nitrogen and oxygen atoms in total. The number of benzene rings is 1. The summed E-state index contributed by atoms with van der Waals surface area (Å²) in [6.07, 6.45) is 4.83. The van der Waals surface area contributed by atoms with E-state index in [2.05, 4.69) is 4.98 Å². The minimum atomic E-state index is -0.600. The van der Waals surface area contributed by atoms with Crippen molar-refractivity contribution in [3.05, 3.63) is 65.5 Å². The maximum Gasteiger partial charge on any atom is 0.222 e. The number of carbonyl (C=O) groups is 1. The predicted octanol–water partition coefficient (Wildman–Crippen LogP) is 3.00. The van der Waals surface area contributed by atoms with E-state index in [0.717, 1.165) is 24.6 Å². The maximum atomic E-state index is 14.4. The lowest BCUT2D eigenvalue weighted by Gasteiger charge is -2.30. The second-order valence-corrected chi connectivity index (χ2v) is 6.32. The normalized spacial score (nSPS) is 15.8. The number of halogens is 2. The lowest BCUT2D eigenvalue weighted by molar-refractivity contribution is -0.127. The summed E-state index contributed by atoms with van der Waals surface area (Å²) in [5.41, 5.74) is 1.22. The van der Waals surface area contributed by atoms with Gasteiger partial charge in [-0.25, -0.2) is 8.78 Å². The quantitative estimate of drug-likeness (QED) is 0.808. The molecule has 2 heterocycles. The van der Waals surface area contributed by atoms with Crippen molar-refractivity contribution in [3.8, 4) is 0 Å². The molecular weight excluding hydrogens is 324 g/mol. The van der Waals surface area contributed by atoms with E-state index in [9.17, 15) is 13.6 Å². The van der Waals surface area contributed by atoms with Gasteiger partial charge >= 0.3 is 0 Å². The van der Waals surface area contributed by atoms with Crippen LogP contribution in [0.5, 0.6) is 0 Å². The van der Waals surface area contributed by atoms with Crippen LogP contribution >= 0.6 is 0 Å². The fourth-order valence-electron chi connectivity index (χ4n) is 3.28. The molecule has 1 aliphatic rings. The Labute approximate surface area is 146 Å². The first-order chi connectivity index (χ1) is 12.1. The number of carbonyl (C=O) groups excluding carboxylic acids is 1. The zero-order chi connectivity index (χ0) is 17.8. The molecule has 0 saturated carbocycles. The van der Waals surface area contributed by atoms with Crippen LogP contribution in [0.15, 0.2) is 42.7 Å². The van der Waals surface area contributed by atoms with E-state index in [4.69, 9.17) is 0 Å². The summed E-state index contributed by atoms with van der Waals surface area (Å²) in [4.78, 5) is 19.7. The number of rotatable bonds is 6. The molecule has 1 fully saturated rings. The van der Waals surface area contributed by atoms with Crippen LogP contribution in [0.25, 0.3) is 0 Å². The van der Waals surface area contributed by atoms with Gasteiger partial charge in [-0.1, -0.05) is 12.1 Å². The third-order valence-corrected chi connectivity index (χ3v) is 4.59. The first-order valence-electron chi connectivity index (χ1n) is 8.39. The number of likely N-dealkylation sites (N-methyl/N-ethyl adjacent to an activating group) is 1. The molecule has 3 rings (SSSR count). The molecule has 132 valence electrons. The number of nitrogens with zero attached hydrogens (tertiary/aromatic N) is 3. The van der Waals surface area contributed by atoms with Crippen LogP contribution in [0, 0.1) is 11.6 Å². The first-order valence-corrected chi connectivity index (χ1v) is 8.39. The van der Waals surface area contributed by atoms with Gasteiger partial charge in [0.2, 0.25) is 5.91 Å². The lowest BCUT2D eigenvalue weighted by Crippen LogP contribution is -2.36. The van der Waals surface area contributed by atoms with E-state index in [1.807, 2.05) is 22.9 Å². The van der Waals surface area contributed by atoms with E-state index < -0.39 is 17.7 Å². The molecule has 0 bridgehead atoms. The molecule has 0 N–H and O–H groups in total. The second-order valence-electron chi connectivity index (χ2n) is 6.32. The van der Waals surface area contributed by atoms with Crippen LogP contribution in [-0.2, 0) is 4.79 Å². The van der Waals surface area contributed by atoms with Crippen molar-refractivity contribution in [3.63, 3.8) is 0 Å². The Hall–Kier alpha value is -2.34. The fourth-order valence-corrected chi connectivity index (χ4v) is 3.28. The van der Waals surface area contributed by atoms with E-state index in [1.165, 1.54) is 12.1 Å². The summed E-state index contributed by atoms with van der Waals surface area (Å²) in [5, 5.41) is 0. The fraction of sp³-hybridized carbons (Fsp3) is 0.368. The van der Waals surface area contributed by atoms with Gasteiger partial charge in [0.15, 0.2) is 0 Å². The second kappa shape index (κ2) is 7.70. The monoisotopic (exact) mass is 345 g/mol. The molecule has 1 atom stereocenters. The highest BCUT2D eigenvalue weighted by Gasteiger charge is 2.25. The van der Waals surface area contributed by atoms with Crippen molar-refractivity contribution in [1.82, 2.24) is 14.8 Å². The van der Waals surface area contributed by atoms with Crippen molar-refractivity contribution in [1.29, 1.82) is 0 Å². The van der Waals surface area contributed by atoms with E-state index in [0.29, 0.717) is 25.1 Å². The molecule has 1 aromatic carbocycles. The van der Waals surface area contributed by atoms with Crippen molar-refractivity contribution < 1.29 is 13.6 Å². The van der Waals surface area contributed by atoms with Crippen LogP contribution in [0.4, 0.5) is 8.78 Å². The van der Waals surface area contributed by atoms with Gasteiger partial charge in [-0.3, -0.25) is 14.7 Å². The number of hydrogen-bond donors (Lipinski definition) is 0. The lowest BCUT2D eigenvalue weighted by atomic mass is 9.98. The van der Waals surface area contributed by atoms with Gasteiger partial charge in [-0.2, -0.15) is 0 Å². The molecule has 1 aromatic heterocycles. The highest BCUT2D eigenvalue weighted by atomic mass is 19.1. The third kappa shape index (κ3) is 4.02. The maximum absolute atomic E-state index is 14.4. The summed E-state index contributed by atoms with van der Waals surface area (Å²) < 4.78 is 27.7. The van der Waals surface area contributed by atoms with E-state index in [-0.39, 0.29) is 5.91 Å². The molecule has 1 unspecified atom stereocenters. The van der Waals surface area contributed by atoms with Crippen LogP contribution in [0.3, 0.4) is 0 Å². The molecule has 0 aliphatic carbocycles. The zero-order valence-corrected chi connectivity index (χ0v) is 14.2. The minimum Gasteiger partial charge on any atom is -0.341 e. The third-order valence-electron chi connectivity index (χ3n) is 4.59. The van der Waals surface area contributed by atoms with Crippen LogP contribution in [0.2, 0.25) is 0 Å². The Kier molecular flexibility index (Phi) is 5.38. The number of hydrogen-bond acceptors (Lipinski definition) is 3. The molecule has 0 radical (unpaired) electrons. The average Bonchev–Trinajstić information content (AvgIpc) is 3.01. The van der Waals surface area contributed by atoms with Gasteiger partial charge in [-0.15, -0.1) is 0 Å². The number of aromatic nitrogens is 1. The Bertz CT molecular complexity index is 739. The minimum absolute atomic E-state index is 0.166. The molecule has 1 amide bonds. The molecular formula is C19H21F2N3O. The number of amides is 1. The van der Waals surface area contributed by atoms with E-state index >= 15 is 0 Å². The average molecular weight is 345 g/mol. The van der Waals surface area contributed by atoms with Gasteiger partial charge < -0.3 is 4.90 Å². The molecule has 6 heteroatoms. The van der Waals surface area contributed by atoms with Gasteiger partial charge in [0.1, 0.15) is 11.6 Å². The van der Waals surface area contributed by atoms with Crippen molar-refractivity contribution in [2.45, 2.75) is 18.9 Å². The van der Waals surface area contributed by atoms with Crippen molar-refractivity contribution in [2.75, 3.05) is 26.7 Å². The summed E-state index contributed by atoms with van der Waals surface area (Å²) in [5.74, 6) is -1.02. The summed E-state index contributed by atoms with van der Waals surface area (Å²) in [7, 11) is 1.88. The van der Waals surface area contributed by atoms with Gasteiger partial charge in [0.25, 0.3) is 0 Å². The topological polar surface area (TPSA) is 36.4 Å². The van der Waals surface area contributed by atoms with Crippen LogP contribution < -0.4 is 0 Å². The van der Waals surface area contributed by atoms with E-state index in [1.54, 1.807) is 18.5 Å². The van der Waals surface area contributed by atoms with Gasteiger partial charge in [0.05, 0.1) is 6.04 Å². The van der Waals surface area contributed by atoms with Crippen molar-refractivity contribution >= 4 is 5.91 Å². The smallest absolute Gasteiger partial charge is 0.222 e. The van der Waals surface area contributed by atoms with Crippen LogP contribution in [0.1, 0.15) is 30.0 Å². The SMILES string of the molecule is CN(CCN1CCCC1=O)C(c1cccnc1)c1ccc(F)cc1F. The van der Waals surface area contributed by atoms with Gasteiger partial charge in [-0.05, 0) is 31.2 Å². The largest absolute Gasteiger partial charge is 0.341 e. The summed E-state index contributed by atoms with van der Waals surface area (Å²) >= 11 is 0.